The summed E-state index contributed by atoms with van der Waals surface area (Å²) >= 11 is 0. The monoisotopic (exact) mass is 377 g/mol. The van der Waals surface area contributed by atoms with E-state index in [1.165, 1.54) is 6.07 Å². The number of amides is 2. The number of aromatic hydroxyl groups is 1. The van der Waals surface area contributed by atoms with Crippen LogP contribution in [0.2, 0.25) is 0 Å². The van der Waals surface area contributed by atoms with Crippen LogP contribution in [0.4, 0.5) is 0 Å². The van der Waals surface area contributed by atoms with Crippen LogP contribution in [0.15, 0.2) is 12.1 Å². The first kappa shape index (κ1) is 22.9. The number of nitrogens with one attached hydrogen (secondary N) is 2. The first-order valence-electron chi connectivity index (χ1n) is 7.09. The number of rotatable bonds is 8. The van der Waals surface area contributed by atoms with Gasteiger partial charge in [-0.25, -0.2) is 11.7 Å². The fourth-order valence-electron chi connectivity index (χ4n) is 1.71. The Balaban J connectivity index is 0.00000576. The molecule has 142 valence electrons. The lowest BCUT2D eigenvalue weighted by Gasteiger charge is -2.23. The molecule has 0 heterocycles. The third kappa shape index (κ3) is 7.11. The molecule has 7 N–H and O–H groups in total. The van der Waals surface area contributed by atoms with Gasteiger partial charge in [-0.1, -0.05) is 0 Å². The van der Waals surface area contributed by atoms with Gasteiger partial charge in [-0.3, -0.25) is 20.4 Å². The minimum atomic E-state index is -0.733. The number of hydrogen-bond acceptors (Lipinski definition) is 7. The third-order valence-electron chi connectivity index (χ3n) is 3.05. The van der Waals surface area contributed by atoms with Crippen molar-refractivity contribution >= 4 is 11.8 Å². The van der Waals surface area contributed by atoms with Crippen molar-refractivity contribution < 1.29 is 41.1 Å². The molecule has 11 heteroatoms. The standard InChI is InChI=1S/C14H23N5O5.ClH/c1-19(2,3)4-5-23-8-24-12-7-9(13(21)17-15)11(20)6-10(12)14(22)18-16;/h6-7H,4-5,8H2,1-3H3,(H6-,15,16,17,18,20,21,22);1H. The molecule has 0 aliphatic heterocycles. The first-order valence-corrected chi connectivity index (χ1v) is 7.09. The summed E-state index contributed by atoms with van der Waals surface area (Å²) in [5, 5.41) is 9.83. The highest BCUT2D eigenvalue weighted by Crippen LogP contribution is 2.28. The predicted molar refractivity (Wildman–Crippen MR) is 85.8 cm³/mol. The van der Waals surface area contributed by atoms with Gasteiger partial charge in [0.1, 0.15) is 18.0 Å². The number of nitrogens with zero attached hydrogens (tertiary/aromatic N) is 1. The number of carbonyl (C=O) groups is 2. The number of quaternary nitrogens is 1. The van der Waals surface area contributed by atoms with Gasteiger partial charge in [-0.05, 0) is 12.1 Å². The van der Waals surface area contributed by atoms with Gasteiger partial charge in [0, 0.05) is 0 Å². The molecule has 0 unspecified atom stereocenters. The number of nitrogens with two attached hydrogens (primary N) is 2. The number of phenols is 1. The quantitative estimate of drug-likeness (QED) is 0.0767. The number of phenolic OH excluding ortho intramolecular Hbond substituents is 1. The molecule has 10 nitrogen and oxygen atoms in total. The highest BCUT2D eigenvalue weighted by atomic mass is 35.5. The fraction of sp³-hybridized carbons (Fsp3) is 0.429. The number of halogens is 1. The summed E-state index contributed by atoms with van der Waals surface area (Å²) in [7, 11) is 6.06. The van der Waals surface area contributed by atoms with Crippen LogP contribution >= 0.6 is 0 Å². The zero-order valence-corrected chi connectivity index (χ0v) is 15.1. The molecule has 1 aromatic rings. The van der Waals surface area contributed by atoms with E-state index in [-0.39, 0.29) is 36.1 Å². The molecule has 1 rings (SSSR count). The molecule has 0 aliphatic carbocycles. The summed E-state index contributed by atoms with van der Waals surface area (Å²) in [4.78, 5) is 23.4. The van der Waals surface area contributed by atoms with Crippen molar-refractivity contribution in [2.45, 2.75) is 0 Å². The summed E-state index contributed by atoms with van der Waals surface area (Å²) in [5.74, 6) is 8.32. The Morgan fingerprint density at radius 2 is 1.68 bits per heavy atom. The predicted octanol–water partition coefficient (Wildman–Crippen LogP) is -4.34. The Hall–Kier alpha value is -2.11. The number of benzene rings is 1. The van der Waals surface area contributed by atoms with Gasteiger partial charge in [0.15, 0.2) is 6.79 Å². The minimum absolute atomic E-state index is 0. The minimum Gasteiger partial charge on any atom is -1.00 e. The molecule has 0 bridgehead atoms. The Kier molecular flexibility index (Phi) is 9.17. The van der Waals surface area contributed by atoms with Gasteiger partial charge in [-0.2, -0.15) is 0 Å². The van der Waals surface area contributed by atoms with Crippen LogP contribution in [0.5, 0.6) is 11.5 Å². The smallest absolute Gasteiger partial charge is 0.269 e. The summed E-state index contributed by atoms with van der Waals surface area (Å²) in [6.07, 6.45) is 0. The normalized spacial score (nSPS) is 10.6. The average molecular weight is 378 g/mol. The van der Waals surface area contributed by atoms with Crippen LogP contribution < -0.4 is 39.7 Å². The summed E-state index contributed by atoms with van der Waals surface area (Å²) < 4.78 is 11.5. The highest BCUT2D eigenvalue weighted by molar-refractivity contribution is 6.01. The van der Waals surface area contributed by atoms with Crippen molar-refractivity contribution in [3.8, 4) is 11.5 Å². The molecular formula is C14H24ClN5O5. The van der Waals surface area contributed by atoms with Crippen molar-refractivity contribution in [1.82, 2.24) is 10.9 Å². The first-order chi connectivity index (χ1) is 11.2. The lowest BCUT2D eigenvalue weighted by atomic mass is 10.1. The molecular weight excluding hydrogens is 354 g/mol. The molecule has 0 fully saturated rings. The van der Waals surface area contributed by atoms with E-state index in [9.17, 15) is 14.7 Å². The molecule has 1 aromatic carbocycles. The van der Waals surface area contributed by atoms with E-state index in [1.54, 1.807) is 0 Å². The van der Waals surface area contributed by atoms with Crippen molar-refractivity contribution in [3.05, 3.63) is 23.3 Å². The second-order valence-electron chi connectivity index (χ2n) is 6.00. The maximum Gasteiger partial charge on any atom is 0.269 e. The highest BCUT2D eigenvalue weighted by Gasteiger charge is 2.19. The third-order valence-corrected chi connectivity index (χ3v) is 3.05. The summed E-state index contributed by atoms with van der Waals surface area (Å²) in [5.41, 5.74) is 3.64. The largest absolute Gasteiger partial charge is 1.00 e. The van der Waals surface area contributed by atoms with E-state index in [0.29, 0.717) is 6.61 Å². The lowest BCUT2D eigenvalue weighted by Crippen LogP contribution is -3.00. The van der Waals surface area contributed by atoms with E-state index >= 15 is 0 Å². The van der Waals surface area contributed by atoms with E-state index in [1.807, 2.05) is 32.0 Å². The molecule has 0 saturated carbocycles. The maximum atomic E-state index is 11.8. The molecule has 0 aromatic heterocycles. The van der Waals surface area contributed by atoms with Crippen LogP contribution in [0.1, 0.15) is 20.7 Å². The Labute approximate surface area is 152 Å². The number of likely N-dealkylation sites (N-methyl/N-ethyl adjacent to an activating group) is 1. The van der Waals surface area contributed by atoms with E-state index < -0.39 is 17.6 Å². The second kappa shape index (κ2) is 10.0. The molecule has 0 aliphatic rings. The van der Waals surface area contributed by atoms with Gasteiger partial charge in [0.25, 0.3) is 11.8 Å². The summed E-state index contributed by atoms with van der Waals surface area (Å²) in [6.45, 7) is 1.06. The number of ether oxygens (including phenoxy) is 2. The van der Waals surface area contributed by atoms with Crippen molar-refractivity contribution in [2.75, 3.05) is 41.1 Å². The number of hydrazine groups is 2. The zero-order chi connectivity index (χ0) is 18.3. The Morgan fingerprint density at radius 3 is 2.20 bits per heavy atom. The van der Waals surface area contributed by atoms with Crippen molar-refractivity contribution in [1.29, 1.82) is 0 Å². The zero-order valence-electron chi connectivity index (χ0n) is 14.3. The maximum absolute atomic E-state index is 11.8. The van der Waals surface area contributed by atoms with E-state index in [4.69, 9.17) is 21.2 Å². The molecule has 2 amide bonds. The van der Waals surface area contributed by atoms with Crippen LogP contribution in [0.3, 0.4) is 0 Å². The van der Waals surface area contributed by atoms with Gasteiger partial charge in [0.2, 0.25) is 0 Å². The van der Waals surface area contributed by atoms with Gasteiger partial charge in [0.05, 0.1) is 38.9 Å². The topological polar surface area (TPSA) is 149 Å². The SMILES string of the molecule is C[N+](C)(C)CCOCOc1cc(C(=O)NN)c(O)cc1C(=O)NN.[Cl-]. The number of hydrogen-bond donors (Lipinski definition) is 5. The average Bonchev–Trinajstić information content (AvgIpc) is 2.52. The Bertz CT molecular complexity index is 606. The van der Waals surface area contributed by atoms with E-state index in [0.717, 1.165) is 17.1 Å². The van der Waals surface area contributed by atoms with Gasteiger partial charge < -0.3 is 31.5 Å². The number of nitrogen functional groups attached to an aromatic ring is 2. The van der Waals surface area contributed by atoms with Crippen molar-refractivity contribution in [2.24, 2.45) is 11.7 Å². The van der Waals surface area contributed by atoms with Gasteiger partial charge in [-0.15, -0.1) is 0 Å². The van der Waals surface area contributed by atoms with Crippen molar-refractivity contribution in [3.63, 3.8) is 0 Å². The molecule has 0 radical (unpaired) electrons. The molecule has 0 spiro atoms. The van der Waals surface area contributed by atoms with Gasteiger partial charge >= 0.3 is 0 Å². The lowest BCUT2D eigenvalue weighted by molar-refractivity contribution is -0.870. The Morgan fingerprint density at radius 1 is 1.12 bits per heavy atom. The fourth-order valence-corrected chi connectivity index (χ4v) is 1.71. The van der Waals surface area contributed by atoms with Crippen LogP contribution in [-0.4, -0.2) is 62.5 Å². The molecule has 0 atom stereocenters. The van der Waals surface area contributed by atoms with Crippen LogP contribution in [-0.2, 0) is 4.74 Å². The molecule has 0 saturated heterocycles. The molecule has 25 heavy (non-hydrogen) atoms. The van der Waals surface area contributed by atoms with E-state index in [2.05, 4.69) is 0 Å². The van der Waals surface area contributed by atoms with Crippen LogP contribution in [0, 0.1) is 0 Å². The number of carbonyl (C=O) groups excluding carboxylic acids is 2. The second-order valence-corrected chi connectivity index (χ2v) is 6.00. The van der Waals surface area contributed by atoms with Crippen LogP contribution in [0.25, 0.3) is 0 Å². The summed E-state index contributed by atoms with van der Waals surface area (Å²) in [6, 6.07) is 2.25.